The summed E-state index contributed by atoms with van der Waals surface area (Å²) in [6, 6.07) is 5.84. The minimum atomic E-state index is -0.681. The molecule has 0 radical (unpaired) electrons. The predicted molar refractivity (Wildman–Crippen MR) is 65.5 cm³/mol. The molecule has 0 amide bonds. The van der Waals surface area contributed by atoms with Crippen molar-refractivity contribution < 1.29 is 5.11 Å². The quantitative estimate of drug-likeness (QED) is 0.799. The summed E-state index contributed by atoms with van der Waals surface area (Å²) in [5.74, 6) is 0. The average Bonchev–Trinajstić information content (AvgIpc) is 2.09. The summed E-state index contributed by atoms with van der Waals surface area (Å²) < 4.78 is 2.06. The second-order valence-electron chi connectivity index (χ2n) is 3.18. The highest BCUT2D eigenvalue weighted by Crippen LogP contribution is 2.29. The molecule has 0 heterocycles. The highest BCUT2D eigenvalue weighted by Gasteiger charge is 2.23. The molecular formula is C9H11BrINO. The van der Waals surface area contributed by atoms with E-state index in [9.17, 15) is 0 Å². The Hall–Kier alpha value is 0.350. The van der Waals surface area contributed by atoms with Crippen molar-refractivity contribution in [2.24, 2.45) is 5.73 Å². The molecule has 1 aromatic carbocycles. The van der Waals surface area contributed by atoms with Gasteiger partial charge in [0.1, 0.15) is 0 Å². The van der Waals surface area contributed by atoms with Crippen LogP contribution in [0.3, 0.4) is 0 Å². The van der Waals surface area contributed by atoms with Gasteiger partial charge in [0, 0.05) is 8.04 Å². The lowest BCUT2D eigenvalue weighted by Crippen LogP contribution is -2.37. The topological polar surface area (TPSA) is 46.2 Å². The number of hydrogen-bond donors (Lipinski definition) is 2. The van der Waals surface area contributed by atoms with Crippen LogP contribution in [0.4, 0.5) is 0 Å². The predicted octanol–water partition coefficient (Wildman–Crippen LogP) is 2.22. The molecule has 1 atom stereocenters. The Morgan fingerprint density at radius 2 is 2.23 bits per heavy atom. The zero-order valence-corrected chi connectivity index (χ0v) is 11.0. The largest absolute Gasteiger partial charge is 0.394 e. The third-order valence-electron chi connectivity index (χ3n) is 1.90. The van der Waals surface area contributed by atoms with E-state index in [1.165, 1.54) is 0 Å². The highest BCUT2D eigenvalue weighted by atomic mass is 127. The van der Waals surface area contributed by atoms with Crippen LogP contribution in [0.2, 0.25) is 0 Å². The molecule has 0 bridgehead atoms. The first-order chi connectivity index (χ1) is 5.99. The van der Waals surface area contributed by atoms with Crippen molar-refractivity contribution in [3.63, 3.8) is 0 Å². The van der Waals surface area contributed by atoms with Gasteiger partial charge in [0.15, 0.2) is 0 Å². The maximum Gasteiger partial charge on any atom is 0.0650 e. The molecule has 1 aromatic rings. The molecule has 2 nitrogen and oxygen atoms in total. The Balaban J connectivity index is 3.22. The van der Waals surface area contributed by atoms with Gasteiger partial charge in [0.05, 0.1) is 12.1 Å². The fourth-order valence-electron chi connectivity index (χ4n) is 1.03. The molecule has 3 N–H and O–H groups in total. The Kier molecular flexibility index (Phi) is 3.73. The van der Waals surface area contributed by atoms with Crippen LogP contribution >= 0.6 is 38.5 Å². The van der Waals surface area contributed by atoms with Crippen molar-refractivity contribution in [1.82, 2.24) is 0 Å². The zero-order valence-electron chi connectivity index (χ0n) is 7.22. The van der Waals surface area contributed by atoms with Gasteiger partial charge in [-0.25, -0.2) is 0 Å². The summed E-state index contributed by atoms with van der Waals surface area (Å²) in [5, 5.41) is 9.11. The van der Waals surface area contributed by atoms with Gasteiger partial charge in [-0.05, 0) is 57.1 Å². The standard InChI is InChI=1S/C9H11BrINO/c1-9(12,5-13)6-3-2-4-7(11)8(6)10/h2-4,13H,5,12H2,1H3/t9-/m0/s1. The van der Waals surface area contributed by atoms with Crippen molar-refractivity contribution >= 4 is 38.5 Å². The zero-order chi connectivity index (χ0) is 10.1. The van der Waals surface area contributed by atoms with E-state index in [0.717, 1.165) is 13.6 Å². The molecule has 0 spiro atoms. The lowest BCUT2D eigenvalue weighted by molar-refractivity contribution is 0.209. The minimum Gasteiger partial charge on any atom is -0.394 e. The Labute approximate surface area is 99.8 Å². The second-order valence-corrected chi connectivity index (χ2v) is 5.13. The minimum absolute atomic E-state index is 0.0638. The van der Waals surface area contributed by atoms with E-state index in [4.69, 9.17) is 10.8 Å². The molecule has 72 valence electrons. The summed E-state index contributed by atoms with van der Waals surface area (Å²) in [6.45, 7) is 1.74. The van der Waals surface area contributed by atoms with Crippen molar-refractivity contribution in [3.05, 3.63) is 31.8 Å². The smallest absolute Gasteiger partial charge is 0.0650 e. The molecule has 0 aliphatic carbocycles. The maximum atomic E-state index is 9.11. The fourth-order valence-corrected chi connectivity index (χ4v) is 2.25. The van der Waals surface area contributed by atoms with Crippen molar-refractivity contribution in [1.29, 1.82) is 0 Å². The number of rotatable bonds is 2. The molecule has 0 aromatic heterocycles. The SMILES string of the molecule is C[C@](N)(CO)c1cccc(I)c1Br. The molecule has 0 unspecified atom stereocenters. The monoisotopic (exact) mass is 355 g/mol. The first kappa shape index (κ1) is 11.4. The number of aliphatic hydroxyl groups is 1. The van der Waals surface area contributed by atoms with E-state index in [-0.39, 0.29) is 6.61 Å². The molecular weight excluding hydrogens is 345 g/mol. The molecule has 0 fully saturated rings. The van der Waals surface area contributed by atoms with Crippen LogP contribution < -0.4 is 5.73 Å². The van der Waals surface area contributed by atoms with Gasteiger partial charge in [0.2, 0.25) is 0 Å². The molecule has 0 aliphatic heterocycles. The van der Waals surface area contributed by atoms with Gasteiger partial charge in [-0.15, -0.1) is 0 Å². The Bertz CT molecular complexity index is 314. The van der Waals surface area contributed by atoms with Crippen LogP contribution in [0.5, 0.6) is 0 Å². The molecule has 4 heteroatoms. The fraction of sp³-hybridized carbons (Fsp3) is 0.333. The summed E-state index contributed by atoms with van der Waals surface area (Å²) in [7, 11) is 0. The van der Waals surface area contributed by atoms with Crippen LogP contribution in [0.25, 0.3) is 0 Å². The van der Waals surface area contributed by atoms with Crippen LogP contribution in [0.1, 0.15) is 12.5 Å². The van der Waals surface area contributed by atoms with Crippen LogP contribution in [0, 0.1) is 3.57 Å². The third kappa shape index (κ3) is 2.43. The first-order valence-electron chi connectivity index (χ1n) is 3.83. The summed E-state index contributed by atoms with van der Waals surface area (Å²) in [4.78, 5) is 0. The number of benzene rings is 1. The lowest BCUT2D eigenvalue weighted by Gasteiger charge is -2.24. The van der Waals surface area contributed by atoms with E-state index >= 15 is 0 Å². The number of aliphatic hydroxyl groups excluding tert-OH is 1. The van der Waals surface area contributed by atoms with E-state index < -0.39 is 5.54 Å². The molecule has 0 saturated carbocycles. The highest BCUT2D eigenvalue weighted by molar-refractivity contribution is 14.1. The third-order valence-corrected chi connectivity index (χ3v) is 4.39. The molecule has 0 saturated heterocycles. The number of hydrogen-bond acceptors (Lipinski definition) is 2. The maximum absolute atomic E-state index is 9.11. The van der Waals surface area contributed by atoms with Crippen LogP contribution in [-0.4, -0.2) is 11.7 Å². The second kappa shape index (κ2) is 4.25. The normalized spacial score (nSPS) is 15.5. The Morgan fingerprint density at radius 1 is 1.62 bits per heavy atom. The van der Waals surface area contributed by atoms with E-state index in [1.54, 1.807) is 0 Å². The van der Waals surface area contributed by atoms with Gasteiger partial charge < -0.3 is 10.8 Å². The first-order valence-corrected chi connectivity index (χ1v) is 5.70. The van der Waals surface area contributed by atoms with Gasteiger partial charge in [0.25, 0.3) is 0 Å². The van der Waals surface area contributed by atoms with Crippen LogP contribution in [-0.2, 0) is 5.54 Å². The van der Waals surface area contributed by atoms with Crippen molar-refractivity contribution in [3.8, 4) is 0 Å². The van der Waals surface area contributed by atoms with Crippen molar-refractivity contribution in [2.45, 2.75) is 12.5 Å². The van der Waals surface area contributed by atoms with Crippen molar-refractivity contribution in [2.75, 3.05) is 6.61 Å². The molecule has 13 heavy (non-hydrogen) atoms. The van der Waals surface area contributed by atoms with E-state index in [2.05, 4.69) is 38.5 Å². The molecule has 0 aliphatic rings. The van der Waals surface area contributed by atoms with E-state index in [0.29, 0.717) is 0 Å². The number of halogens is 2. The van der Waals surface area contributed by atoms with Gasteiger partial charge in [-0.3, -0.25) is 0 Å². The Morgan fingerprint density at radius 3 is 2.77 bits per heavy atom. The van der Waals surface area contributed by atoms with Gasteiger partial charge in [-0.2, -0.15) is 0 Å². The van der Waals surface area contributed by atoms with Gasteiger partial charge in [-0.1, -0.05) is 12.1 Å². The lowest BCUT2D eigenvalue weighted by atomic mass is 9.94. The summed E-state index contributed by atoms with van der Waals surface area (Å²) >= 11 is 5.68. The van der Waals surface area contributed by atoms with E-state index in [1.807, 2.05) is 25.1 Å². The number of nitrogens with two attached hydrogens (primary N) is 1. The molecule has 1 rings (SSSR count). The summed E-state index contributed by atoms with van der Waals surface area (Å²) in [6.07, 6.45) is 0. The average molecular weight is 356 g/mol. The van der Waals surface area contributed by atoms with Gasteiger partial charge >= 0.3 is 0 Å². The summed E-state index contributed by atoms with van der Waals surface area (Å²) in [5.41, 5.74) is 6.18. The van der Waals surface area contributed by atoms with Crippen LogP contribution in [0.15, 0.2) is 22.7 Å².